The second kappa shape index (κ2) is 4.55. The van der Waals surface area contributed by atoms with E-state index >= 15 is 0 Å². The molecule has 0 radical (unpaired) electrons. The van der Waals surface area contributed by atoms with Crippen LogP contribution in [0.1, 0.15) is 39.7 Å². The summed E-state index contributed by atoms with van der Waals surface area (Å²) < 4.78 is 5.45. The van der Waals surface area contributed by atoms with Crippen LogP contribution in [0.2, 0.25) is 0 Å². The molecular formula is C16H23NO2. The zero-order valence-corrected chi connectivity index (χ0v) is 12.2. The number of nitrogen functional groups attached to an aromatic ring is 1. The van der Waals surface area contributed by atoms with Crippen LogP contribution in [-0.2, 0) is 16.0 Å². The Morgan fingerprint density at radius 1 is 1.47 bits per heavy atom. The van der Waals surface area contributed by atoms with Gasteiger partial charge in [0.05, 0.1) is 5.92 Å². The second-order valence-electron chi connectivity index (χ2n) is 6.87. The van der Waals surface area contributed by atoms with Crippen molar-refractivity contribution >= 4 is 11.7 Å². The molecule has 104 valence electrons. The van der Waals surface area contributed by atoms with Gasteiger partial charge >= 0.3 is 5.97 Å². The molecular weight excluding hydrogens is 238 g/mol. The van der Waals surface area contributed by atoms with E-state index in [0.717, 1.165) is 18.5 Å². The fraction of sp³-hybridized carbons (Fsp3) is 0.562. The predicted molar refractivity (Wildman–Crippen MR) is 76.6 cm³/mol. The van der Waals surface area contributed by atoms with Crippen LogP contribution in [0.3, 0.4) is 0 Å². The van der Waals surface area contributed by atoms with Gasteiger partial charge in [0.25, 0.3) is 0 Å². The number of carbonyl (C=O) groups excluding carboxylic acids is 1. The first kappa shape index (κ1) is 13.9. The minimum atomic E-state index is -0.405. The van der Waals surface area contributed by atoms with Crippen LogP contribution in [0.25, 0.3) is 0 Å². The lowest BCUT2D eigenvalue weighted by Crippen LogP contribution is -2.26. The highest BCUT2D eigenvalue weighted by molar-refractivity contribution is 5.77. The molecule has 1 fully saturated rings. The SMILES string of the molecule is CC(C)(C)OC(=O)C1C[C@]1(C)Cc1cccc(N)c1. The van der Waals surface area contributed by atoms with E-state index in [-0.39, 0.29) is 17.3 Å². The van der Waals surface area contributed by atoms with Crippen LogP contribution >= 0.6 is 0 Å². The van der Waals surface area contributed by atoms with E-state index in [1.165, 1.54) is 5.56 Å². The standard InChI is InChI=1S/C16H23NO2/c1-15(2,3)19-14(18)13-10-16(13,4)9-11-6-5-7-12(17)8-11/h5-8,13H,9-10,17H2,1-4H3/t13?,16-/m0/s1. The monoisotopic (exact) mass is 261 g/mol. The summed E-state index contributed by atoms with van der Waals surface area (Å²) in [7, 11) is 0. The Labute approximate surface area is 115 Å². The zero-order valence-electron chi connectivity index (χ0n) is 12.2. The number of nitrogens with two attached hydrogens (primary N) is 1. The molecule has 2 N–H and O–H groups in total. The van der Waals surface area contributed by atoms with Gasteiger partial charge in [-0.25, -0.2) is 0 Å². The molecule has 0 amide bonds. The molecule has 1 saturated carbocycles. The molecule has 19 heavy (non-hydrogen) atoms. The maximum atomic E-state index is 12.0. The minimum absolute atomic E-state index is 0.0214. The number of benzene rings is 1. The molecule has 2 rings (SSSR count). The number of ether oxygens (including phenoxy) is 1. The van der Waals surface area contributed by atoms with E-state index in [4.69, 9.17) is 10.5 Å². The second-order valence-corrected chi connectivity index (χ2v) is 6.87. The summed E-state index contributed by atoms with van der Waals surface area (Å²) in [5.41, 5.74) is 7.37. The Morgan fingerprint density at radius 2 is 2.16 bits per heavy atom. The first-order valence-corrected chi connectivity index (χ1v) is 6.77. The van der Waals surface area contributed by atoms with Crippen LogP contribution in [0, 0.1) is 11.3 Å². The number of rotatable bonds is 3. The lowest BCUT2D eigenvalue weighted by Gasteiger charge is -2.20. The molecule has 0 spiro atoms. The van der Waals surface area contributed by atoms with Gasteiger partial charge in [0, 0.05) is 5.69 Å². The Kier molecular flexibility index (Phi) is 3.33. The minimum Gasteiger partial charge on any atom is -0.460 e. The number of hydrogen-bond donors (Lipinski definition) is 1. The van der Waals surface area contributed by atoms with Crippen molar-refractivity contribution in [3.63, 3.8) is 0 Å². The average molecular weight is 261 g/mol. The van der Waals surface area contributed by atoms with Crippen molar-refractivity contribution in [3.8, 4) is 0 Å². The van der Waals surface area contributed by atoms with Gasteiger partial charge in [-0.15, -0.1) is 0 Å². The summed E-state index contributed by atoms with van der Waals surface area (Å²) in [6, 6.07) is 7.88. The van der Waals surface area contributed by atoms with Crippen LogP contribution in [0.4, 0.5) is 5.69 Å². The van der Waals surface area contributed by atoms with Crippen LogP contribution in [0.15, 0.2) is 24.3 Å². The van der Waals surface area contributed by atoms with Crippen LogP contribution in [0.5, 0.6) is 0 Å². The number of carbonyl (C=O) groups is 1. The lowest BCUT2D eigenvalue weighted by molar-refractivity contribution is -0.157. The largest absolute Gasteiger partial charge is 0.460 e. The summed E-state index contributed by atoms with van der Waals surface area (Å²) >= 11 is 0. The third-order valence-corrected chi connectivity index (χ3v) is 3.60. The number of esters is 1. The molecule has 1 aliphatic rings. The number of anilines is 1. The van der Waals surface area contributed by atoms with E-state index < -0.39 is 5.60 Å². The van der Waals surface area contributed by atoms with Gasteiger partial charge in [0.15, 0.2) is 0 Å². The quantitative estimate of drug-likeness (QED) is 0.671. The van der Waals surface area contributed by atoms with E-state index in [9.17, 15) is 4.79 Å². The van der Waals surface area contributed by atoms with Gasteiger partial charge < -0.3 is 10.5 Å². The van der Waals surface area contributed by atoms with Crippen molar-refractivity contribution in [2.45, 2.75) is 46.1 Å². The maximum absolute atomic E-state index is 12.0. The van der Waals surface area contributed by atoms with Crippen molar-refractivity contribution in [3.05, 3.63) is 29.8 Å². The molecule has 1 unspecified atom stereocenters. The van der Waals surface area contributed by atoms with Crippen molar-refractivity contribution in [2.24, 2.45) is 11.3 Å². The first-order valence-electron chi connectivity index (χ1n) is 6.77. The third kappa shape index (κ3) is 3.49. The summed E-state index contributed by atoms with van der Waals surface area (Å²) in [5, 5.41) is 0. The summed E-state index contributed by atoms with van der Waals surface area (Å²) in [4.78, 5) is 12.0. The Hall–Kier alpha value is -1.51. The highest BCUT2D eigenvalue weighted by Crippen LogP contribution is 2.55. The van der Waals surface area contributed by atoms with E-state index in [1.54, 1.807) is 0 Å². The molecule has 0 heterocycles. The van der Waals surface area contributed by atoms with Crippen molar-refractivity contribution < 1.29 is 9.53 Å². The molecule has 1 aliphatic carbocycles. The molecule has 0 bridgehead atoms. The fourth-order valence-corrected chi connectivity index (χ4v) is 2.51. The Bertz CT molecular complexity index is 490. The summed E-state index contributed by atoms with van der Waals surface area (Å²) in [5.74, 6) is -0.0490. The summed E-state index contributed by atoms with van der Waals surface area (Å²) in [6.07, 6.45) is 1.78. The smallest absolute Gasteiger partial charge is 0.310 e. The van der Waals surface area contributed by atoms with E-state index in [2.05, 4.69) is 13.0 Å². The Morgan fingerprint density at radius 3 is 2.74 bits per heavy atom. The van der Waals surface area contributed by atoms with Gasteiger partial charge in [-0.1, -0.05) is 19.1 Å². The molecule has 1 aromatic carbocycles. The van der Waals surface area contributed by atoms with Gasteiger partial charge in [-0.2, -0.15) is 0 Å². The van der Waals surface area contributed by atoms with Crippen molar-refractivity contribution in [1.82, 2.24) is 0 Å². The first-order chi connectivity index (χ1) is 8.70. The van der Waals surface area contributed by atoms with Gasteiger partial charge in [0.2, 0.25) is 0 Å². The van der Waals surface area contributed by atoms with Gasteiger partial charge in [-0.05, 0) is 56.7 Å². The van der Waals surface area contributed by atoms with Crippen molar-refractivity contribution in [2.75, 3.05) is 5.73 Å². The van der Waals surface area contributed by atoms with E-state index in [0.29, 0.717) is 0 Å². The van der Waals surface area contributed by atoms with Gasteiger partial charge in [0.1, 0.15) is 5.60 Å². The highest BCUT2D eigenvalue weighted by atomic mass is 16.6. The Balaban J connectivity index is 1.98. The highest BCUT2D eigenvalue weighted by Gasteiger charge is 2.55. The zero-order chi connectivity index (χ0) is 14.3. The third-order valence-electron chi connectivity index (χ3n) is 3.60. The predicted octanol–water partition coefficient (Wildman–Crippen LogP) is 3.18. The summed E-state index contributed by atoms with van der Waals surface area (Å²) in [6.45, 7) is 7.86. The van der Waals surface area contributed by atoms with Crippen LogP contribution in [-0.4, -0.2) is 11.6 Å². The van der Waals surface area contributed by atoms with E-state index in [1.807, 2.05) is 39.0 Å². The topological polar surface area (TPSA) is 52.3 Å². The van der Waals surface area contributed by atoms with Gasteiger partial charge in [-0.3, -0.25) is 4.79 Å². The maximum Gasteiger partial charge on any atom is 0.310 e. The number of hydrogen-bond acceptors (Lipinski definition) is 3. The molecule has 0 aromatic heterocycles. The normalized spacial score (nSPS) is 26.0. The average Bonchev–Trinajstić information content (AvgIpc) is 2.87. The van der Waals surface area contributed by atoms with Crippen LogP contribution < -0.4 is 5.73 Å². The molecule has 2 atom stereocenters. The molecule has 0 aliphatic heterocycles. The fourth-order valence-electron chi connectivity index (χ4n) is 2.51. The lowest BCUT2D eigenvalue weighted by atomic mass is 9.95. The molecule has 0 saturated heterocycles. The molecule has 1 aromatic rings. The molecule has 3 nitrogen and oxygen atoms in total. The molecule has 3 heteroatoms. The van der Waals surface area contributed by atoms with Crippen molar-refractivity contribution in [1.29, 1.82) is 0 Å².